The Bertz CT molecular complexity index is 970. The molecule has 1 amide bonds. The van der Waals surface area contributed by atoms with E-state index in [1.165, 1.54) is 42.8 Å². The van der Waals surface area contributed by atoms with Gasteiger partial charge in [0.25, 0.3) is 5.91 Å². The van der Waals surface area contributed by atoms with E-state index >= 15 is 0 Å². The smallest absolute Gasteiger partial charge is 0.251 e. The van der Waals surface area contributed by atoms with Crippen molar-refractivity contribution in [2.45, 2.75) is 17.4 Å². The highest BCUT2D eigenvalue weighted by atomic mass is 32.2. The van der Waals surface area contributed by atoms with Crippen molar-refractivity contribution in [2.24, 2.45) is 0 Å². The molecule has 168 valence electrons. The molecule has 0 aromatic heterocycles. The highest BCUT2D eigenvalue weighted by Gasteiger charge is 2.26. The normalized spacial score (nSPS) is 15.9. The molecule has 0 spiro atoms. The molecule has 1 aliphatic heterocycles. The maximum Gasteiger partial charge on any atom is 0.251 e. The van der Waals surface area contributed by atoms with Gasteiger partial charge < -0.3 is 19.5 Å². The molecule has 0 fully saturated rings. The summed E-state index contributed by atoms with van der Waals surface area (Å²) < 4.78 is 42.9. The van der Waals surface area contributed by atoms with Crippen LogP contribution in [-0.4, -0.2) is 65.8 Å². The second-order valence-electron chi connectivity index (χ2n) is 7.12. The average molecular weight is 449 g/mol. The number of benzene rings is 2. The minimum absolute atomic E-state index is 0.118. The van der Waals surface area contributed by atoms with Gasteiger partial charge in [0.2, 0.25) is 10.0 Å². The van der Waals surface area contributed by atoms with Gasteiger partial charge in [0, 0.05) is 44.9 Å². The Labute approximate surface area is 183 Å². The maximum atomic E-state index is 13.0. The number of carbonyl (C=O) groups excluding carboxylic acids is 1. The minimum atomic E-state index is -3.73. The van der Waals surface area contributed by atoms with Crippen LogP contribution in [0.1, 0.15) is 28.4 Å². The zero-order valence-corrected chi connectivity index (χ0v) is 18.6. The molecule has 1 heterocycles. The Morgan fingerprint density at radius 3 is 2.35 bits per heavy atom. The number of methoxy groups -OCH3 is 2. The molecule has 31 heavy (non-hydrogen) atoms. The van der Waals surface area contributed by atoms with E-state index in [1.807, 2.05) is 24.3 Å². The van der Waals surface area contributed by atoms with Gasteiger partial charge in [-0.3, -0.25) is 4.79 Å². The molecule has 0 saturated carbocycles. The van der Waals surface area contributed by atoms with Gasteiger partial charge in [-0.25, -0.2) is 8.42 Å². The standard InChI is InChI=1S/C22H28N2O6S/c1-28-15-12-24(13-16-29-2)31(26,27)18-9-7-17(8-10-18)22(25)23-20-11-14-30-21-6-4-3-5-19(20)21/h3-10,20H,11-16H2,1-2H3,(H,23,25). The molecule has 0 saturated heterocycles. The molecule has 8 nitrogen and oxygen atoms in total. The zero-order valence-electron chi connectivity index (χ0n) is 17.7. The fourth-order valence-electron chi connectivity index (χ4n) is 3.40. The van der Waals surface area contributed by atoms with Crippen molar-refractivity contribution in [3.05, 3.63) is 59.7 Å². The van der Waals surface area contributed by atoms with Crippen molar-refractivity contribution in [1.82, 2.24) is 9.62 Å². The lowest BCUT2D eigenvalue weighted by Gasteiger charge is -2.26. The minimum Gasteiger partial charge on any atom is -0.493 e. The number of para-hydroxylation sites is 1. The van der Waals surface area contributed by atoms with Crippen molar-refractivity contribution in [3.63, 3.8) is 0 Å². The molecule has 0 bridgehead atoms. The Hall–Kier alpha value is -2.46. The van der Waals surface area contributed by atoms with Gasteiger partial charge in [0.15, 0.2) is 0 Å². The van der Waals surface area contributed by atoms with E-state index in [2.05, 4.69) is 5.32 Å². The summed E-state index contributed by atoms with van der Waals surface area (Å²) >= 11 is 0. The number of rotatable bonds is 10. The van der Waals surface area contributed by atoms with E-state index in [0.29, 0.717) is 18.6 Å². The van der Waals surface area contributed by atoms with E-state index in [4.69, 9.17) is 14.2 Å². The monoisotopic (exact) mass is 448 g/mol. The van der Waals surface area contributed by atoms with E-state index < -0.39 is 10.0 Å². The van der Waals surface area contributed by atoms with Crippen LogP contribution in [0.15, 0.2) is 53.4 Å². The molecule has 9 heteroatoms. The topological polar surface area (TPSA) is 94.2 Å². The quantitative estimate of drug-likeness (QED) is 0.599. The predicted octanol–water partition coefficient (Wildman–Crippen LogP) is 2.22. The van der Waals surface area contributed by atoms with Crippen LogP contribution in [0.2, 0.25) is 0 Å². The number of nitrogens with one attached hydrogen (secondary N) is 1. The first-order valence-electron chi connectivity index (χ1n) is 10.1. The first-order valence-corrected chi connectivity index (χ1v) is 11.5. The third kappa shape index (κ3) is 5.62. The zero-order chi connectivity index (χ0) is 22.3. The number of fused-ring (bicyclic) bond motifs is 1. The van der Waals surface area contributed by atoms with Crippen LogP contribution in [0.4, 0.5) is 0 Å². The van der Waals surface area contributed by atoms with Gasteiger partial charge in [-0.2, -0.15) is 4.31 Å². The number of ether oxygens (including phenoxy) is 3. The molecule has 2 aromatic carbocycles. The molecule has 0 aliphatic carbocycles. The largest absolute Gasteiger partial charge is 0.493 e. The summed E-state index contributed by atoms with van der Waals surface area (Å²) in [6.45, 7) is 1.51. The van der Waals surface area contributed by atoms with E-state index in [0.717, 1.165) is 11.3 Å². The summed E-state index contributed by atoms with van der Waals surface area (Å²) in [5.41, 5.74) is 1.33. The lowest BCUT2D eigenvalue weighted by Crippen LogP contribution is -2.36. The predicted molar refractivity (Wildman–Crippen MR) is 116 cm³/mol. The summed E-state index contributed by atoms with van der Waals surface area (Å²) in [4.78, 5) is 12.9. The van der Waals surface area contributed by atoms with Crippen molar-refractivity contribution in [1.29, 1.82) is 0 Å². The van der Waals surface area contributed by atoms with Gasteiger partial charge in [-0.15, -0.1) is 0 Å². The third-order valence-electron chi connectivity index (χ3n) is 5.11. The Balaban J connectivity index is 1.72. The SMILES string of the molecule is COCCN(CCOC)S(=O)(=O)c1ccc(C(=O)NC2CCOc3ccccc32)cc1. The first kappa shape index (κ1) is 23.2. The molecule has 1 N–H and O–H groups in total. The highest BCUT2D eigenvalue weighted by molar-refractivity contribution is 7.89. The Morgan fingerprint density at radius 2 is 1.71 bits per heavy atom. The highest BCUT2D eigenvalue weighted by Crippen LogP contribution is 2.31. The summed E-state index contributed by atoms with van der Waals surface area (Å²) in [6, 6.07) is 13.4. The van der Waals surface area contributed by atoms with Gasteiger partial charge in [0.1, 0.15) is 5.75 Å². The molecule has 1 unspecified atom stereocenters. The van der Waals surface area contributed by atoms with Gasteiger partial charge in [-0.05, 0) is 30.3 Å². The van der Waals surface area contributed by atoms with E-state index in [1.54, 1.807) is 0 Å². The Kier molecular flexibility index (Phi) is 8.03. The van der Waals surface area contributed by atoms with Crippen molar-refractivity contribution < 1.29 is 27.4 Å². The van der Waals surface area contributed by atoms with E-state index in [9.17, 15) is 13.2 Å². The van der Waals surface area contributed by atoms with Crippen molar-refractivity contribution >= 4 is 15.9 Å². The lowest BCUT2D eigenvalue weighted by atomic mass is 10.00. The summed E-state index contributed by atoms with van der Waals surface area (Å²) in [5, 5.41) is 3.02. The number of hydrogen-bond acceptors (Lipinski definition) is 6. The Morgan fingerprint density at radius 1 is 1.06 bits per heavy atom. The summed E-state index contributed by atoms with van der Waals surface area (Å²) in [5.74, 6) is 0.508. The summed E-state index contributed by atoms with van der Waals surface area (Å²) in [7, 11) is -0.692. The summed E-state index contributed by atoms with van der Waals surface area (Å²) in [6.07, 6.45) is 0.670. The fraction of sp³-hybridized carbons (Fsp3) is 0.409. The molecule has 1 aliphatic rings. The number of hydrogen-bond donors (Lipinski definition) is 1. The number of sulfonamides is 1. The lowest BCUT2D eigenvalue weighted by molar-refractivity contribution is 0.0924. The second kappa shape index (κ2) is 10.7. The molecule has 1 atom stereocenters. The van der Waals surface area contributed by atoms with Crippen LogP contribution in [0.3, 0.4) is 0 Å². The van der Waals surface area contributed by atoms with Crippen LogP contribution in [-0.2, 0) is 19.5 Å². The molecule has 2 aromatic rings. The van der Waals surface area contributed by atoms with Crippen LogP contribution in [0.5, 0.6) is 5.75 Å². The maximum absolute atomic E-state index is 13.0. The van der Waals surface area contributed by atoms with Crippen LogP contribution in [0.25, 0.3) is 0 Å². The molecular formula is C22H28N2O6S. The van der Waals surface area contributed by atoms with Crippen molar-refractivity contribution in [3.8, 4) is 5.75 Å². The van der Waals surface area contributed by atoms with Crippen LogP contribution >= 0.6 is 0 Å². The first-order chi connectivity index (χ1) is 15.0. The second-order valence-corrected chi connectivity index (χ2v) is 9.05. The van der Waals surface area contributed by atoms with Gasteiger partial charge in [-0.1, -0.05) is 18.2 Å². The molecule has 3 rings (SSSR count). The van der Waals surface area contributed by atoms with Crippen LogP contribution < -0.4 is 10.1 Å². The van der Waals surface area contributed by atoms with E-state index in [-0.39, 0.29) is 43.1 Å². The number of carbonyl (C=O) groups is 1. The van der Waals surface area contributed by atoms with Gasteiger partial charge >= 0.3 is 0 Å². The number of amides is 1. The number of nitrogens with zero attached hydrogens (tertiary/aromatic N) is 1. The molecule has 0 radical (unpaired) electrons. The van der Waals surface area contributed by atoms with Crippen molar-refractivity contribution in [2.75, 3.05) is 47.1 Å². The van der Waals surface area contributed by atoms with Gasteiger partial charge in [0.05, 0.1) is 30.8 Å². The third-order valence-corrected chi connectivity index (χ3v) is 7.02. The van der Waals surface area contributed by atoms with Crippen LogP contribution in [0, 0.1) is 0 Å². The average Bonchev–Trinajstić information content (AvgIpc) is 2.79. The molecular weight excluding hydrogens is 420 g/mol. The fourth-order valence-corrected chi connectivity index (χ4v) is 4.81.